The van der Waals surface area contributed by atoms with E-state index in [1.165, 1.54) is 5.01 Å². The molecule has 0 saturated heterocycles. The number of ether oxygens (including phenoxy) is 1. The van der Waals surface area contributed by atoms with Gasteiger partial charge in [0.05, 0.1) is 19.4 Å². The summed E-state index contributed by atoms with van der Waals surface area (Å²) in [5, 5.41) is 9.07. The van der Waals surface area contributed by atoms with Crippen LogP contribution in [0.15, 0.2) is 59.7 Å². The van der Waals surface area contributed by atoms with Crippen molar-refractivity contribution in [1.29, 1.82) is 0 Å². The van der Waals surface area contributed by atoms with Gasteiger partial charge in [-0.25, -0.2) is 5.01 Å². The Morgan fingerprint density at radius 1 is 1.03 bits per heavy atom. The Bertz CT molecular complexity index is 981. The van der Waals surface area contributed by atoms with Crippen molar-refractivity contribution in [3.63, 3.8) is 0 Å². The Morgan fingerprint density at radius 3 is 2.50 bits per heavy atom. The van der Waals surface area contributed by atoms with E-state index in [-0.39, 0.29) is 30.1 Å². The highest BCUT2D eigenvalue weighted by molar-refractivity contribution is 6.02. The summed E-state index contributed by atoms with van der Waals surface area (Å²) in [6.07, 6.45) is 5.41. The first-order valence-corrected chi connectivity index (χ1v) is 11.4. The summed E-state index contributed by atoms with van der Waals surface area (Å²) in [7, 11) is 1.69. The first kappa shape index (κ1) is 22.1. The standard InChI is InChI=1S/C26H31N3O3/c1-32-23-12-6-5-11-21(23)26(16-7-8-17-26)19-27-24(30)13-14-25(31)29-18-15-22(28-29)20-9-3-2-4-10-20/h2-6,9-12H,7-8,13-19H2,1H3,(H,27,30). The SMILES string of the molecule is COc1ccccc1C1(CNC(=O)CCC(=O)N2CCC(c3ccccc3)=N2)CCCC1. The van der Waals surface area contributed by atoms with Crippen molar-refractivity contribution in [2.45, 2.75) is 50.4 Å². The second-order valence-corrected chi connectivity index (χ2v) is 8.64. The quantitative estimate of drug-likeness (QED) is 0.683. The second-order valence-electron chi connectivity index (χ2n) is 8.64. The number of nitrogens with one attached hydrogen (secondary N) is 1. The number of rotatable bonds is 8. The van der Waals surface area contributed by atoms with Crippen LogP contribution in [-0.2, 0) is 15.0 Å². The van der Waals surface area contributed by atoms with Gasteiger partial charge in [-0.05, 0) is 24.5 Å². The zero-order valence-electron chi connectivity index (χ0n) is 18.7. The molecule has 1 fully saturated rings. The molecule has 0 aromatic heterocycles. The van der Waals surface area contributed by atoms with Gasteiger partial charge in [0.25, 0.3) is 0 Å². The second kappa shape index (κ2) is 9.98. The highest BCUT2D eigenvalue weighted by atomic mass is 16.5. The molecule has 168 valence electrons. The maximum atomic E-state index is 12.6. The summed E-state index contributed by atoms with van der Waals surface area (Å²) in [6, 6.07) is 18.0. The molecule has 1 aliphatic heterocycles. The van der Waals surface area contributed by atoms with Crippen molar-refractivity contribution in [2.24, 2.45) is 5.10 Å². The minimum Gasteiger partial charge on any atom is -0.496 e. The van der Waals surface area contributed by atoms with Crippen LogP contribution in [0.3, 0.4) is 0 Å². The fourth-order valence-corrected chi connectivity index (χ4v) is 4.85. The van der Waals surface area contributed by atoms with Crippen molar-refractivity contribution in [1.82, 2.24) is 10.3 Å². The van der Waals surface area contributed by atoms with Crippen LogP contribution in [0.25, 0.3) is 0 Å². The van der Waals surface area contributed by atoms with Gasteiger partial charge in [0, 0.05) is 36.8 Å². The van der Waals surface area contributed by atoms with Crippen LogP contribution in [0.4, 0.5) is 0 Å². The van der Waals surface area contributed by atoms with Gasteiger partial charge in [-0.3, -0.25) is 9.59 Å². The topological polar surface area (TPSA) is 71.0 Å². The van der Waals surface area contributed by atoms with Crippen molar-refractivity contribution >= 4 is 17.5 Å². The molecule has 2 aliphatic rings. The minimum absolute atomic E-state index is 0.0917. The van der Waals surface area contributed by atoms with Crippen LogP contribution < -0.4 is 10.1 Å². The van der Waals surface area contributed by atoms with Crippen molar-refractivity contribution < 1.29 is 14.3 Å². The van der Waals surface area contributed by atoms with Gasteiger partial charge in [0.15, 0.2) is 0 Å². The molecule has 4 rings (SSSR count). The average molecular weight is 434 g/mol. The van der Waals surface area contributed by atoms with E-state index in [0.717, 1.165) is 54.7 Å². The van der Waals surface area contributed by atoms with Gasteiger partial charge < -0.3 is 10.1 Å². The van der Waals surface area contributed by atoms with E-state index in [4.69, 9.17) is 4.74 Å². The predicted octanol–water partition coefficient (Wildman–Crippen LogP) is 4.04. The summed E-state index contributed by atoms with van der Waals surface area (Å²) in [5.74, 6) is 0.678. The lowest BCUT2D eigenvalue weighted by atomic mass is 9.78. The third-order valence-electron chi connectivity index (χ3n) is 6.63. The largest absolute Gasteiger partial charge is 0.496 e. The number of amides is 2. The lowest BCUT2D eigenvalue weighted by Gasteiger charge is -2.31. The van der Waals surface area contributed by atoms with Crippen LogP contribution in [-0.4, -0.2) is 42.7 Å². The molecule has 1 saturated carbocycles. The van der Waals surface area contributed by atoms with Crippen LogP contribution in [0, 0.1) is 0 Å². The third-order valence-corrected chi connectivity index (χ3v) is 6.63. The Morgan fingerprint density at radius 2 is 1.75 bits per heavy atom. The zero-order valence-corrected chi connectivity index (χ0v) is 18.7. The van der Waals surface area contributed by atoms with Crippen LogP contribution in [0.5, 0.6) is 5.75 Å². The monoisotopic (exact) mass is 433 g/mol. The summed E-state index contributed by atoms with van der Waals surface area (Å²) < 4.78 is 5.59. The molecule has 0 unspecified atom stereocenters. The van der Waals surface area contributed by atoms with Gasteiger partial charge in [-0.2, -0.15) is 5.10 Å². The summed E-state index contributed by atoms with van der Waals surface area (Å²) in [4.78, 5) is 25.2. The number of hydrogen-bond acceptors (Lipinski definition) is 4. The van der Waals surface area contributed by atoms with E-state index >= 15 is 0 Å². The van der Waals surface area contributed by atoms with Gasteiger partial charge in [-0.15, -0.1) is 0 Å². The van der Waals surface area contributed by atoms with Gasteiger partial charge in [0.1, 0.15) is 5.75 Å². The molecule has 32 heavy (non-hydrogen) atoms. The Kier molecular flexibility index (Phi) is 6.88. The van der Waals surface area contributed by atoms with E-state index in [1.807, 2.05) is 48.5 Å². The highest BCUT2D eigenvalue weighted by Crippen LogP contribution is 2.44. The first-order chi connectivity index (χ1) is 15.6. The Hall–Kier alpha value is -3.15. The minimum atomic E-state index is -0.105. The molecule has 2 aromatic rings. The number of hydrogen-bond donors (Lipinski definition) is 1. The predicted molar refractivity (Wildman–Crippen MR) is 125 cm³/mol. The molecule has 1 heterocycles. The van der Waals surface area contributed by atoms with Gasteiger partial charge in [0.2, 0.25) is 11.8 Å². The van der Waals surface area contributed by atoms with E-state index in [2.05, 4.69) is 16.5 Å². The number of hydrazone groups is 1. The number of nitrogens with zero attached hydrogens (tertiary/aromatic N) is 2. The van der Waals surface area contributed by atoms with E-state index in [1.54, 1.807) is 7.11 Å². The zero-order chi connectivity index (χ0) is 22.4. The molecule has 2 amide bonds. The maximum absolute atomic E-state index is 12.6. The molecule has 0 spiro atoms. The summed E-state index contributed by atoms with van der Waals surface area (Å²) in [6.45, 7) is 1.14. The smallest absolute Gasteiger partial charge is 0.243 e. The van der Waals surface area contributed by atoms with Crippen molar-refractivity contribution in [2.75, 3.05) is 20.2 Å². The summed E-state index contributed by atoms with van der Waals surface area (Å²) >= 11 is 0. The molecule has 0 atom stereocenters. The van der Waals surface area contributed by atoms with E-state index < -0.39 is 0 Å². The third kappa shape index (κ3) is 4.85. The molecular weight excluding hydrogens is 402 g/mol. The molecule has 6 nitrogen and oxygen atoms in total. The van der Waals surface area contributed by atoms with Gasteiger partial charge in [-0.1, -0.05) is 61.4 Å². The van der Waals surface area contributed by atoms with Gasteiger partial charge >= 0.3 is 0 Å². The number of carbonyl (C=O) groups is 2. The fourth-order valence-electron chi connectivity index (χ4n) is 4.85. The molecule has 1 aliphatic carbocycles. The first-order valence-electron chi connectivity index (χ1n) is 11.4. The Labute approximate surface area is 189 Å². The molecule has 0 radical (unpaired) electrons. The fraction of sp³-hybridized carbons (Fsp3) is 0.423. The average Bonchev–Trinajstić information content (AvgIpc) is 3.53. The molecule has 6 heteroatoms. The number of carbonyl (C=O) groups excluding carboxylic acids is 2. The van der Waals surface area contributed by atoms with Crippen molar-refractivity contribution in [3.05, 3.63) is 65.7 Å². The normalized spacial score (nSPS) is 17.2. The molecular formula is C26H31N3O3. The lowest BCUT2D eigenvalue weighted by molar-refractivity contribution is -0.133. The summed E-state index contributed by atoms with van der Waals surface area (Å²) in [5.41, 5.74) is 3.02. The van der Waals surface area contributed by atoms with Crippen molar-refractivity contribution in [3.8, 4) is 5.75 Å². The van der Waals surface area contributed by atoms with Crippen LogP contribution in [0.1, 0.15) is 56.1 Å². The highest BCUT2D eigenvalue weighted by Gasteiger charge is 2.38. The molecule has 0 bridgehead atoms. The molecule has 1 N–H and O–H groups in total. The van der Waals surface area contributed by atoms with E-state index in [0.29, 0.717) is 13.1 Å². The van der Waals surface area contributed by atoms with E-state index in [9.17, 15) is 9.59 Å². The number of methoxy groups -OCH3 is 1. The van der Waals surface area contributed by atoms with Crippen LogP contribution >= 0.6 is 0 Å². The lowest BCUT2D eigenvalue weighted by Crippen LogP contribution is -2.39. The van der Waals surface area contributed by atoms with Crippen LogP contribution in [0.2, 0.25) is 0 Å². The Balaban J connectivity index is 1.31. The maximum Gasteiger partial charge on any atom is 0.243 e. The molecule has 2 aromatic carbocycles. The number of para-hydroxylation sites is 1. The number of benzene rings is 2.